The number of pyridine rings is 1. The number of rotatable bonds is 2. The Hall–Kier alpha value is -2.40. The van der Waals surface area contributed by atoms with Crippen molar-refractivity contribution in [1.82, 2.24) is 9.97 Å². The van der Waals surface area contributed by atoms with Gasteiger partial charge in [0.25, 0.3) is 0 Å². The Balaban J connectivity index is 2.17. The van der Waals surface area contributed by atoms with Gasteiger partial charge in [0.1, 0.15) is 10.7 Å². The molecule has 2 aromatic heterocycles. The summed E-state index contributed by atoms with van der Waals surface area (Å²) < 4.78 is 5.53. The molecule has 0 amide bonds. The topological polar surface area (TPSA) is 76.2 Å². The van der Waals surface area contributed by atoms with E-state index in [4.69, 9.17) is 21.1 Å². The van der Waals surface area contributed by atoms with Crippen molar-refractivity contribution in [1.29, 1.82) is 0 Å². The van der Waals surface area contributed by atoms with Crippen molar-refractivity contribution in [2.24, 2.45) is 0 Å². The van der Waals surface area contributed by atoms with Crippen molar-refractivity contribution in [2.75, 3.05) is 0 Å². The molecule has 0 saturated heterocycles. The highest BCUT2D eigenvalue weighted by Crippen LogP contribution is 2.28. The smallest absolute Gasteiger partial charge is 0.335 e. The van der Waals surface area contributed by atoms with Gasteiger partial charge in [-0.2, -0.15) is 0 Å². The van der Waals surface area contributed by atoms with Crippen molar-refractivity contribution in [3.05, 3.63) is 47.2 Å². The minimum Gasteiger partial charge on any atom is -0.478 e. The Morgan fingerprint density at radius 1 is 1.32 bits per heavy atom. The van der Waals surface area contributed by atoms with Crippen LogP contribution in [0.1, 0.15) is 10.4 Å². The van der Waals surface area contributed by atoms with Gasteiger partial charge in [-0.1, -0.05) is 11.6 Å². The molecule has 0 atom stereocenters. The zero-order valence-electron chi connectivity index (χ0n) is 9.50. The molecule has 0 unspecified atom stereocenters. The number of nitrogens with zero attached hydrogens (tertiary/aromatic N) is 2. The van der Waals surface area contributed by atoms with Crippen LogP contribution in [0.25, 0.3) is 22.6 Å². The molecule has 2 heterocycles. The number of benzene rings is 1. The summed E-state index contributed by atoms with van der Waals surface area (Å²) in [5.41, 5.74) is 1.68. The summed E-state index contributed by atoms with van der Waals surface area (Å²) in [4.78, 5) is 19.1. The number of halogens is 1. The lowest BCUT2D eigenvalue weighted by atomic mass is 10.2. The van der Waals surface area contributed by atoms with E-state index >= 15 is 0 Å². The molecule has 0 aliphatic carbocycles. The van der Waals surface area contributed by atoms with Gasteiger partial charge in [-0.3, -0.25) is 0 Å². The van der Waals surface area contributed by atoms with E-state index < -0.39 is 5.97 Å². The fourth-order valence-electron chi connectivity index (χ4n) is 1.72. The number of carbonyl (C=O) groups is 1. The van der Waals surface area contributed by atoms with Gasteiger partial charge in [-0.25, -0.2) is 14.8 Å². The van der Waals surface area contributed by atoms with Crippen molar-refractivity contribution in [3.8, 4) is 11.5 Å². The molecule has 6 heteroatoms. The maximum absolute atomic E-state index is 10.9. The number of carboxylic acid groups (broad SMARTS) is 1. The maximum atomic E-state index is 10.9. The van der Waals surface area contributed by atoms with Gasteiger partial charge < -0.3 is 9.52 Å². The van der Waals surface area contributed by atoms with Gasteiger partial charge in [-0.05, 0) is 30.3 Å². The summed E-state index contributed by atoms with van der Waals surface area (Å²) in [5.74, 6) is -0.699. The third-order valence-corrected chi connectivity index (χ3v) is 2.93. The first-order valence-corrected chi connectivity index (χ1v) is 5.78. The van der Waals surface area contributed by atoms with E-state index in [2.05, 4.69) is 9.97 Å². The van der Waals surface area contributed by atoms with Crippen LogP contribution in [0.5, 0.6) is 0 Å². The molecule has 3 rings (SSSR count). The SMILES string of the molecule is O=C(O)c1ccc2nc(-c3cccnc3Cl)oc2c1. The molecule has 94 valence electrons. The first-order valence-electron chi connectivity index (χ1n) is 5.40. The van der Waals surface area contributed by atoms with E-state index in [9.17, 15) is 4.79 Å². The van der Waals surface area contributed by atoms with Crippen LogP contribution in [0.2, 0.25) is 5.15 Å². The zero-order chi connectivity index (χ0) is 13.4. The number of hydrogen-bond acceptors (Lipinski definition) is 4. The Morgan fingerprint density at radius 3 is 2.89 bits per heavy atom. The van der Waals surface area contributed by atoms with Crippen LogP contribution in [0.3, 0.4) is 0 Å². The van der Waals surface area contributed by atoms with E-state index in [-0.39, 0.29) is 10.7 Å². The van der Waals surface area contributed by atoms with Crippen LogP contribution in [0.15, 0.2) is 40.9 Å². The number of hydrogen-bond donors (Lipinski definition) is 1. The Kier molecular flexibility index (Phi) is 2.68. The summed E-state index contributed by atoms with van der Waals surface area (Å²) in [7, 11) is 0. The normalized spacial score (nSPS) is 10.8. The summed E-state index contributed by atoms with van der Waals surface area (Å²) in [5, 5.41) is 9.20. The second kappa shape index (κ2) is 4.37. The van der Waals surface area contributed by atoms with Crippen LogP contribution in [-0.2, 0) is 0 Å². The van der Waals surface area contributed by atoms with E-state index in [1.807, 2.05) is 0 Å². The third-order valence-electron chi connectivity index (χ3n) is 2.62. The van der Waals surface area contributed by atoms with Crippen LogP contribution in [0.4, 0.5) is 0 Å². The van der Waals surface area contributed by atoms with Crippen molar-refractivity contribution >= 4 is 28.7 Å². The Morgan fingerprint density at radius 2 is 2.16 bits per heavy atom. The van der Waals surface area contributed by atoms with Gasteiger partial charge in [0, 0.05) is 6.20 Å². The molecule has 19 heavy (non-hydrogen) atoms. The maximum Gasteiger partial charge on any atom is 0.335 e. The summed E-state index contributed by atoms with van der Waals surface area (Å²) in [6.45, 7) is 0. The quantitative estimate of drug-likeness (QED) is 0.726. The molecule has 0 saturated carbocycles. The lowest BCUT2D eigenvalue weighted by Crippen LogP contribution is -1.94. The molecule has 0 fully saturated rings. The molecule has 5 nitrogen and oxygen atoms in total. The highest BCUT2D eigenvalue weighted by Gasteiger charge is 2.13. The number of oxazole rings is 1. The van der Waals surface area contributed by atoms with Gasteiger partial charge >= 0.3 is 5.97 Å². The number of carboxylic acids is 1. The number of fused-ring (bicyclic) bond motifs is 1. The molecule has 0 spiro atoms. The Labute approximate surface area is 112 Å². The zero-order valence-corrected chi connectivity index (χ0v) is 10.3. The van der Waals surface area contributed by atoms with Gasteiger partial charge in [0.2, 0.25) is 5.89 Å². The first kappa shape index (κ1) is 11.7. The second-order valence-electron chi connectivity index (χ2n) is 3.85. The van der Waals surface area contributed by atoms with E-state index in [0.29, 0.717) is 22.6 Å². The molecular weight excluding hydrogens is 268 g/mol. The summed E-state index contributed by atoms with van der Waals surface area (Å²) in [6, 6.07) is 7.95. The van der Waals surface area contributed by atoms with Crippen molar-refractivity contribution in [3.63, 3.8) is 0 Å². The predicted molar refractivity (Wildman–Crippen MR) is 69.2 cm³/mol. The standard InChI is InChI=1S/C13H7ClN2O3/c14-11-8(2-1-5-15-11)12-16-9-4-3-7(13(17)18)6-10(9)19-12/h1-6H,(H,17,18). The Bertz CT molecular complexity index is 782. The third kappa shape index (κ3) is 2.04. The first-order chi connectivity index (χ1) is 9.15. The highest BCUT2D eigenvalue weighted by atomic mass is 35.5. The fraction of sp³-hybridized carbons (Fsp3) is 0. The largest absolute Gasteiger partial charge is 0.478 e. The van der Waals surface area contributed by atoms with Crippen molar-refractivity contribution in [2.45, 2.75) is 0 Å². The highest BCUT2D eigenvalue weighted by molar-refractivity contribution is 6.31. The summed E-state index contributed by atoms with van der Waals surface area (Å²) >= 11 is 5.96. The van der Waals surface area contributed by atoms with Gasteiger partial charge in [0.15, 0.2) is 5.58 Å². The second-order valence-corrected chi connectivity index (χ2v) is 4.21. The van der Waals surface area contributed by atoms with E-state index in [0.717, 1.165) is 0 Å². The summed E-state index contributed by atoms with van der Waals surface area (Å²) in [6.07, 6.45) is 1.57. The van der Waals surface area contributed by atoms with Gasteiger partial charge in [0.05, 0.1) is 11.1 Å². The average Bonchev–Trinajstić information content (AvgIpc) is 2.81. The minimum atomic E-state index is -1.01. The fourth-order valence-corrected chi connectivity index (χ4v) is 1.92. The van der Waals surface area contributed by atoms with Gasteiger partial charge in [-0.15, -0.1) is 0 Å². The van der Waals surface area contributed by atoms with Crippen molar-refractivity contribution < 1.29 is 14.3 Å². The van der Waals surface area contributed by atoms with Crippen LogP contribution in [0, 0.1) is 0 Å². The van der Waals surface area contributed by atoms with Crippen LogP contribution >= 0.6 is 11.6 Å². The molecular formula is C13H7ClN2O3. The molecule has 3 aromatic rings. The van der Waals surface area contributed by atoms with Crippen LogP contribution < -0.4 is 0 Å². The lowest BCUT2D eigenvalue weighted by Gasteiger charge is -1.95. The molecule has 0 radical (unpaired) electrons. The van der Waals surface area contributed by atoms with E-state index in [1.54, 1.807) is 24.4 Å². The van der Waals surface area contributed by atoms with Crippen LogP contribution in [-0.4, -0.2) is 21.0 Å². The average molecular weight is 275 g/mol. The molecule has 0 aliphatic heterocycles. The molecule has 1 N–H and O–H groups in total. The minimum absolute atomic E-state index is 0.146. The molecule has 0 aliphatic rings. The molecule has 1 aromatic carbocycles. The predicted octanol–water partition coefficient (Wildman–Crippen LogP) is 3.24. The lowest BCUT2D eigenvalue weighted by molar-refractivity contribution is 0.0697. The monoisotopic (exact) mass is 274 g/mol. The number of aromatic carboxylic acids is 1. The molecule has 0 bridgehead atoms. The number of aromatic nitrogens is 2. The van der Waals surface area contributed by atoms with E-state index in [1.165, 1.54) is 12.1 Å².